The Morgan fingerprint density at radius 2 is 1.33 bits per heavy atom. The largest absolute Gasteiger partial charge is 0.480 e. The number of nitrogens with two attached hydrogens (primary N) is 1. The van der Waals surface area contributed by atoms with Gasteiger partial charge >= 0.3 is 18.0 Å². The minimum absolute atomic E-state index is 0.278. The summed E-state index contributed by atoms with van der Waals surface area (Å²) in [5.41, 5.74) is 3.73. The molecule has 4 amide bonds. The Morgan fingerprint density at radius 3 is 1.84 bits per heavy atom. The third-order valence-electron chi connectivity index (χ3n) is 5.11. The molecule has 0 unspecified atom stereocenters. The summed E-state index contributed by atoms with van der Waals surface area (Å²) in [5.74, 6) is -4.57. The van der Waals surface area contributed by atoms with Crippen molar-refractivity contribution in [3.05, 3.63) is 0 Å². The number of unbranched alkanes of at least 4 members (excludes halogenated alkanes) is 1. The van der Waals surface area contributed by atoms with E-state index in [4.69, 9.17) is 19.9 Å². The maximum absolute atomic E-state index is 13.0. The highest BCUT2D eigenvalue weighted by molar-refractivity contribution is 5.94. The van der Waals surface area contributed by atoms with Gasteiger partial charge in [-0.3, -0.25) is 19.2 Å². The maximum atomic E-state index is 13.0. The molecule has 248 valence electrons. The van der Waals surface area contributed by atoms with E-state index in [9.17, 15) is 33.9 Å². The third kappa shape index (κ3) is 21.0. The number of hydrogen-bond acceptors (Lipinski definition) is 10. The second-order valence-corrected chi connectivity index (χ2v) is 13.0. The van der Waals surface area contributed by atoms with Gasteiger partial charge in [0.15, 0.2) is 6.04 Å². The van der Waals surface area contributed by atoms with E-state index in [0.29, 0.717) is 19.4 Å². The summed E-state index contributed by atoms with van der Waals surface area (Å²) >= 11 is 0. The van der Waals surface area contributed by atoms with Crippen LogP contribution in [-0.4, -0.2) is 95.5 Å². The molecule has 0 fully saturated rings. The van der Waals surface area contributed by atoms with Crippen molar-refractivity contribution in [1.29, 1.82) is 0 Å². The average Bonchev–Trinajstić information content (AvgIpc) is 2.81. The zero-order chi connectivity index (χ0) is 33.6. The Bertz CT molecular complexity index is 966. The number of carboxylic acid groups (broad SMARTS) is 1. The third-order valence-corrected chi connectivity index (χ3v) is 5.11. The predicted molar refractivity (Wildman–Crippen MR) is 157 cm³/mol. The average molecular weight is 618 g/mol. The van der Waals surface area contributed by atoms with E-state index in [1.165, 1.54) is 0 Å². The van der Waals surface area contributed by atoms with E-state index in [1.807, 2.05) is 0 Å². The van der Waals surface area contributed by atoms with Crippen molar-refractivity contribution in [2.24, 2.45) is 5.73 Å². The summed E-state index contributed by atoms with van der Waals surface area (Å²) in [7, 11) is 0. The number of carboxylic acids is 1. The molecule has 0 saturated heterocycles. The molecule has 15 heteroatoms. The number of amides is 4. The van der Waals surface area contributed by atoms with Gasteiger partial charge in [0.25, 0.3) is 0 Å². The number of carbonyl (C=O) groups excluding carboxylic acids is 5. The quantitative estimate of drug-likeness (QED) is 0.105. The summed E-state index contributed by atoms with van der Waals surface area (Å²) in [6, 6.07) is -3.89. The number of ether oxygens (including phenoxy) is 3. The molecule has 0 rings (SSSR count). The monoisotopic (exact) mass is 617 g/mol. The number of hydrogen-bond donors (Lipinski definition) is 6. The molecule has 43 heavy (non-hydrogen) atoms. The highest BCUT2D eigenvalue weighted by Crippen LogP contribution is 2.11. The van der Waals surface area contributed by atoms with Crippen LogP contribution >= 0.6 is 0 Å². The smallest absolute Gasteiger partial charge is 0.407 e. The Hall–Kier alpha value is -3.46. The Kier molecular flexibility index (Phi) is 16.2. The molecule has 0 radical (unpaired) electrons. The first kappa shape index (κ1) is 39.5. The van der Waals surface area contributed by atoms with Crippen molar-refractivity contribution < 1.29 is 48.1 Å². The molecule has 0 aliphatic carbocycles. The summed E-state index contributed by atoms with van der Waals surface area (Å²) in [6.07, 6.45) is 0.196. The second-order valence-electron chi connectivity index (χ2n) is 13.0. The first-order valence-corrected chi connectivity index (χ1v) is 14.2. The van der Waals surface area contributed by atoms with Crippen molar-refractivity contribution in [2.45, 2.75) is 123 Å². The number of aliphatic carboxylic acids is 1. The van der Waals surface area contributed by atoms with Gasteiger partial charge in [0.05, 0.1) is 31.2 Å². The fourth-order valence-electron chi connectivity index (χ4n) is 3.21. The topological polar surface area (TPSA) is 224 Å². The first-order chi connectivity index (χ1) is 19.5. The predicted octanol–water partition coefficient (Wildman–Crippen LogP) is 0.726. The number of esters is 1. The summed E-state index contributed by atoms with van der Waals surface area (Å²) in [5, 5.41) is 19.1. The second kappa shape index (κ2) is 17.6. The molecular weight excluding hydrogens is 566 g/mol. The van der Waals surface area contributed by atoms with Crippen molar-refractivity contribution in [3.63, 3.8) is 0 Å². The molecule has 0 aliphatic heterocycles. The molecule has 15 nitrogen and oxygen atoms in total. The standard InChI is InChI=1S/C28H51N5O10/c1-26(2,3)41-16-19(24(38)39)33-23(37)18(14-21(35)42-27(4,5)6)32-20(34)15-31-22(36)17(29)12-10-11-13-30-25(40)43-28(7,8)9/h17-19H,10-16,29H2,1-9H3,(H,30,40)(H,31,36)(H,32,34)(H,33,37)(H,38,39)/t17-,18-,19-/m0/s1. The van der Waals surface area contributed by atoms with Crippen LogP contribution in [0.2, 0.25) is 0 Å². The van der Waals surface area contributed by atoms with E-state index >= 15 is 0 Å². The lowest BCUT2D eigenvalue weighted by Crippen LogP contribution is -2.55. The zero-order valence-corrected chi connectivity index (χ0v) is 26.9. The van der Waals surface area contributed by atoms with Crippen LogP contribution in [0.1, 0.15) is 88.0 Å². The minimum atomic E-state index is -1.50. The van der Waals surface area contributed by atoms with Crippen LogP contribution in [-0.2, 0) is 38.2 Å². The minimum Gasteiger partial charge on any atom is -0.480 e. The van der Waals surface area contributed by atoms with E-state index in [1.54, 1.807) is 62.3 Å². The Labute approximate surface area is 253 Å². The molecule has 0 aromatic rings. The molecule has 0 spiro atoms. The molecular formula is C28H51N5O10. The highest BCUT2D eigenvalue weighted by atomic mass is 16.6. The number of nitrogens with one attached hydrogen (secondary N) is 4. The van der Waals surface area contributed by atoms with E-state index in [-0.39, 0.29) is 13.0 Å². The van der Waals surface area contributed by atoms with Crippen LogP contribution in [0.5, 0.6) is 0 Å². The summed E-state index contributed by atoms with van der Waals surface area (Å²) in [6.45, 7) is 14.7. The first-order valence-electron chi connectivity index (χ1n) is 14.2. The Morgan fingerprint density at radius 1 is 0.744 bits per heavy atom. The van der Waals surface area contributed by atoms with Crippen LogP contribution in [0.3, 0.4) is 0 Å². The van der Waals surface area contributed by atoms with Crippen LogP contribution in [0.15, 0.2) is 0 Å². The zero-order valence-electron chi connectivity index (χ0n) is 26.9. The summed E-state index contributed by atoms with van der Waals surface area (Å²) in [4.78, 5) is 73.7. The molecule has 0 bridgehead atoms. The van der Waals surface area contributed by atoms with Gasteiger partial charge in [0.2, 0.25) is 17.7 Å². The van der Waals surface area contributed by atoms with Crippen LogP contribution in [0, 0.1) is 0 Å². The van der Waals surface area contributed by atoms with E-state index in [0.717, 1.165) is 0 Å². The lowest BCUT2D eigenvalue weighted by Gasteiger charge is -2.25. The van der Waals surface area contributed by atoms with Crippen molar-refractivity contribution in [3.8, 4) is 0 Å². The fourth-order valence-corrected chi connectivity index (χ4v) is 3.21. The van der Waals surface area contributed by atoms with Crippen LogP contribution in [0.25, 0.3) is 0 Å². The van der Waals surface area contributed by atoms with Crippen molar-refractivity contribution in [1.82, 2.24) is 21.3 Å². The van der Waals surface area contributed by atoms with Crippen LogP contribution in [0.4, 0.5) is 4.79 Å². The molecule has 0 aliphatic rings. The molecule has 3 atom stereocenters. The number of carbonyl (C=O) groups is 6. The summed E-state index contributed by atoms with van der Waals surface area (Å²) < 4.78 is 15.8. The molecule has 0 aromatic carbocycles. The molecule has 0 heterocycles. The SMILES string of the molecule is CC(C)(C)OC[C@H](NC(=O)[C@H](CC(=O)OC(C)(C)C)NC(=O)CNC(=O)[C@@H](N)CCCCNC(=O)OC(C)(C)C)C(=O)O. The fraction of sp³-hybridized carbons (Fsp3) is 0.786. The van der Waals surface area contributed by atoms with Crippen molar-refractivity contribution in [2.75, 3.05) is 19.7 Å². The lowest BCUT2D eigenvalue weighted by molar-refractivity contribution is -0.156. The van der Waals surface area contributed by atoms with Crippen molar-refractivity contribution >= 4 is 35.8 Å². The number of alkyl carbamates (subject to hydrolysis) is 1. The molecule has 0 saturated carbocycles. The van der Waals surface area contributed by atoms with Gasteiger partial charge in [-0.2, -0.15) is 0 Å². The molecule has 7 N–H and O–H groups in total. The van der Waals surface area contributed by atoms with Gasteiger partial charge in [0.1, 0.15) is 17.2 Å². The lowest BCUT2D eigenvalue weighted by atomic mass is 10.1. The van der Waals surface area contributed by atoms with E-state index < -0.39 is 83.6 Å². The van der Waals surface area contributed by atoms with Gasteiger partial charge in [-0.25, -0.2) is 9.59 Å². The number of rotatable bonds is 16. The van der Waals surface area contributed by atoms with Gasteiger partial charge in [0, 0.05) is 6.54 Å². The Balaban J connectivity index is 5.03. The van der Waals surface area contributed by atoms with Crippen LogP contribution < -0.4 is 27.0 Å². The molecule has 0 aromatic heterocycles. The highest BCUT2D eigenvalue weighted by Gasteiger charge is 2.31. The normalized spacial score (nSPS) is 14.0. The maximum Gasteiger partial charge on any atom is 0.407 e. The van der Waals surface area contributed by atoms with Gasteiger partial charge < -0.3 is 46.3 Å². The van der Waals surface area contributed by atoms with Gasteiger partial charge in [-0.15, -0.1) is 0 Å². The van der Waals surface area contributed by atoms with E-state index in [2.05, 4.69) is 21.3 Å². The van der Waals surface area contributed by atoms with Gasteiger partial charge in [-0.1, -0.05) is 0 Å². The van der Waals surface area contributed by atoms with Gasteiger partial charge in [-0.05, 0) is 81.6 Å².